The molecule has 0 aliphatic carbocycles. The SMILES string of the molecule is O=C(Nc1ccccc1)c1nnc(C2CCCNC2)s1. The van der Waals surface area contributed by atoms with Gasteiger partial charge in [0.05, 0.1) is 0 Å². The Kier molecular flexibility index (Phi) is 4.03. The van der Waals surface area contributed by atoms with Crippen LogP contribution in [0.2, 0.25) is 0 Å². The minimum absolute atomic E-state index is 0.191. The van der Waals surface area contributed by atoms with E-state index in [1.54, 1.807) is 0 Å². The molecule has 0 radical (unpaired) electrons. The van der Waals surface area contributed by atoms with Gasteiger partial charge in [0.25, 0.3) is 5.91 Å². The molecule has 0 spiro atoms. The molecule has 1 amide bonds. The standard InChI is InChI=1S/C14H16N4OS/c19-12(16-11-6-2-1-3-7-11)14-18-17-13(20-14)10-5-4-8-15-9-10/h1-3,6-7,10,15H,4-5,8-9H2,(H,16,19). The summed E-state index contributed by atoms with van der Waals surface area (Å²) in [5, 5.41) is 15.7. The number of anilines is 1. The number of para-hydroxylation sites is 1. The van der Waals surface area contributed by atoms with Crippen molar-refractivity contribution >= 4 is 22.9 Å². The molecule has 1 aromatic heterocycles. The summed E-state index contributed by atoms with van der Waals surface area (Å²) in [6.07, 6.45) is 2.26. The molecule has 1 atom stereocenters. The van der Waals surface area contributed by atoms with Crippen molar-refractivity contribution in [2.45, 2.75) is 18.8 Å². The number of hydrogen-bond acceptors (Lipinski definition) is 5. The number of hydrogen-bond donors (Lipinski definition) is 2. The summed E-state index contributed by atoms with van der Waals surface area (Å²) in [4.78, 5) is 12.1. The predicted octanol–water partition coefficient (Wildman–Crippen LogP) is 2.26. The second kappa shape index (κ2) is 6.11. The highest BCUT2D eigenvalue weighted by Crippen LogP contribution is 2.26. The molecule has 20 heavy (non-hydrogen) atoms. The highest BCUT2D eigenvalue weighted by atomic mass is 32.1. The van der Waals surface area contributed by atoms with Crippen LogP contribution in [0.25, 0.3) is 0 Å². The number of rotatable bonds is 3. The van der Waals surface area contributed by atoms with Crippen molar-refractivity contribution in [1.82, 2.24) is 15.5 Å². The first kappa shape index (κ1) is 13.2. The maximum atomic E-state index is 12.1. The molecule has 2 N–H and O–H groups in total. The number of piperidine rings is 1. The van der Waals surface area contributed by atoms with Crippen LogP contribution >= 0.6 is 11.3 Å². The molecule has 1 unspecified atom stereocenters. The van der Waals surface area contributed by atoms with Gasteiger partial charge in [0.15, 0.2) is 0 Å². The normalized spacial score (nSPS) is 18.7. The van der Waals surface area contributed by atoms with E-state index in [-0.39, 0.29) is 5.91 Å². The molecule has 2 aromatic rings. The van der Waals surface area contributed by atoms with E-state index in [4.69, 9.17) is 0 Å². The highest BCUT2D eigenvalue weighted by molar-refractivity contribution is 7.13. The lowest BCUT2D eigenvalue weighted by Crippen LogP contribution is -2.28. The van der Waals surface area contributed by atoms with Crippen LogP contribution < -0.4 is 10.6 Å². The monoisotopic (exact) mass is 288 g/mol. The Bertz CT molecular complexity index is 578. The summed E-state index contributed by atoms with van der Waals surface area (Å²) in [5.41, 5.74) is 0.772. The summed E-state index contributed by atoms with van der Waals surface area (Å²) < 4.78 is 0. The van der Waals surface area contributed by atoms with Gasteiger partial charge in [-0.25, -0.2) is 0 Å². The van der Waals surface area contributed by atoms with Crippen molar-refractivity contribution in [1.29, 1.82) is 0 Å². The van der Waals surface area contributed by atoms with Crippen LogP contribution in [0.5, 0.6) is 0 Å². The maximum Gasteiger partial charge on any atom is 0.286 e. The molecule has 6 heteroatoms. The fraction of sp³-hybridized carbons (Fsp3) is 0.357. The largest absolute Gasteiger partial charge is 0.320 e. The van der Waals surface area contributed by atoms with E-state index in [2.05, 4.69) is 20.8 Å². The Balaban J connectivity index is 1.68. The zero-order valence-electron chi connectivity index (χ0n) is 11.0. The van der Waals surface area contributed by atoms with Crippen molar-refractivity contribution in [3.63, 3.8) is 0 Å². The molecule has 1 aliphatic heterocycles. The number of carbonyl (C=O) groups is 1. The maximum absolute atomic E-state index is 12.1. The first-order chi connectivity index (χ1) is 9.83. The number of nitrogens with one attached hydrogen (secondary N) is 2. The van der Waals surface area contributed by atoms with Gasteiger partial charge in [0.2, 0.25) is 5.01 Å². The molecule has 1 fully saturated rings. The second-order valence-corrected chi connectivity index (χ2v) is 5.82. The minimum atomic E-state index is -0.191. The lowest BCUT2D eigenvalue weighted by Gasteiger charge is -2.19. The molecule has 1 aliphatic rings. The van der Waals surface area contributed by atoms with E-state index in [0.717, 1.165) is 36.6 Å². The number of amides is 1. The van der Waals surface area contributed by atoms with Crippen LogP contribution in [0.1, 0.15) is 33.6 Å². The fourth-order valence-electron chi connectivity index (χ4n) is 2.26. The van der Waals surface area contributed by atoms with Gasteiger partial charge < -0.3 is 10.6 Å². The van der Waals surface area contributed by atoms with Gasteiger partial charge in [-0.1, -0.05) is 29.5 Å². The van der Waals surface area contributed by atoms with Crippen molar-refractivity contribution in [3.05, 3.63) is 40.3 Å². The molecule has 5 nitrogen and oxygen atoms in total. The van der Waals surface area contributed by atoms with E-state index in [9.17, 15) is 4.79 Å². The average molecular weight is 288 g/mol. The number of aromatic nitrogens is 2. The van der Waals surface area contributed by atoms with E-state index in [1.807, 2.05) is 30.3 Å². The zero-order chi connectivity index (χ0) is 13.8. The fourth-order valence-corrected chi connectivity index (χ4v) is 3.13. The molecule has 1 aromatic carbocycles. The van der Waals surface area contributed by atoms with Gasteiger partial charge in [0, 0.05) is 18.2 Å². The molecule has 1 saturated heterocycles. The van der Waals surface area contributed by atoms with Crippen LogP contribution in [-0.4, -0.2) is 29.2 Å². The van der Waals surface area contributed by atoms with Gasteiger partial charge in [0.1, 0.15) is 5.01 Å². The Morgan fingerprint density at radius 2 is 2.15 bits per heavy atom. The van der Waals surface area contributed by atoms with Crippen molar-refractivity contribution in [2.75, 3.05) is 18.4 Å². The number of carbonyl (C=O) groups excluding carboxylic acids is 1. The summed E-state index contributed by atoms with van der Waals surface area (Å²) in [7, 11) is 0. The summed E-state index contributed by atoms with van der Waals surface area (Å²) in [5.74, 6) is 0.197. The molecule has 3 rings (SSSR count). The second-order valence-electron chi connectivity index (χ2n) is 4.81. The van der Waals surface area contributed by atoms with Gasteiger partial charge >= 0.3 is 0 Å². The third-order valence-corrected chi connectivity index (χ3v) is 4.40. The van der Waals surface area contributed by atoms with Crippen LogP contribution in [0.4, 0.5) is 5.69 Å². The first-order valence-corrected chi connectivity index (χ1v) is 7.55. The van der Waals surface area contributed by atoms with Crippen molar-refractivity contribution < 1.29 is 4.79 Å². The minimum Gasteiger partial charge on any atom is -0.320 e. The predicted molar refractivity (Wildman–Crippen MR) is 79.1 cm³/mol. The van der Waals surface area contributed by atoms with Crippen LogP contribution in [-0.2, 0) is 0 Å². The third-order valence-electron chi connectivity index (χ3n) is 3.31. The van der Waals surface area contributed by atoms with Crippen LogP contribution in [0.3, 0.4) is 0 Å². The van der Waals surface area contributed by atoms with E-state index in [1.165, 1.54) is 11.3 Å². The highest BCUT2D eigenvalue weighted by Gasteiger charge is 2.21. The Morgan fingerprint density at radius 3 is 2.90 bits per heavy atom. The molecular weight excluding hydrogens is 272 g/mol. The summed E-state index contributed by atoms with van der Waals surface area (Å²) in [6, 6.07) is 9.38. The van der Waals surface area contributed by atoms with Crippen LogP contribution in [0, 0.1) is 0 Å². The van der Waals surface area contributed by atoms with E-state index in [0.29, 0.717) is 10.9 Å². The Labute approximate surface area is 121 Å². The summed E-state index contributed by atoms with van der Waals surface area (Å²) >= 11 is 1.39. The van der Waals surface area contributed by atoms with Crippen LogP contribution in [0.15, 0.2) is 30.3 Å². The van der Waals surface area contributed by atoms with Gasteiger partial charge in [-0.2, -0.15) is 0 Å². The van der Waals surface area contributed by atoms with Gasteiger partial charge in [-0.15, -0.1) is 10.2 Å². The van der Waals surface area contributed by atoms with E-state index >= 15 is 0 Å². The quantitative estimate of drug-likeness (QED) is 0.909. The third kappa shape index (κ3) is 3.02. The number of benzene rings is 1. The first-order valence-electron chi connectivity index (χ1n) is 6.73. The topological polar surface area (TPSA) is 66.9 Å². The molecule has 104 valence electrons. The van der Waals surface area contributed by atoms with Gasteiger partial charge in [-0.3, -0.25) is 4.79 Å². The van der Waals surface area contributed by atoms with Gasteiger partial charge in [-0.05, 0) is 31.5 Å². The van der Waals surface area contributed by atoms with E-state index < -0.39 is 0 Å². The number of nitrogens with zero attached hydrogens (tertiary/aromatic N) is 2. The Morgan fingerprint density at radius 1 is 1.30 bits per heavy atom. The van der Waals surface area contributed by atoms with Crippen molar-refractivity contribution in [2.24, 2.45) is 0 Å². The zero-order valence-corrected chi connectivity index (χ0v) is 11.8. The average Bonchev–Trinajstić information content (AvgIpc) is 2.99. The Hall–Kier alpha value is -1.79. The molecular formula is C14H16N4OS. The van der Waals surface area contributed by atoms with Crippen molar-refractivity contribution in [3.8, 4) is 0 Å². The molecule has 0 saturated carbocycles. The smallest absolute Gasteiger partial charge is 0.286 e. The lowest BCUT2D eigenvalue weighted by molar-refractivity contribution is 0.102. The molecule has 2 heterocycles. The lowest BCUT2D eigenvalue weighted by atomic mass is 10.0. The summed E-state index contributed by atoms with van der Waals surface area (Å²) in [6.45, 7) is 1.99. The molecule has 0 bridgehead atoms.